The van der Waals surface area contributed by atoms with Crippen LogP contribution in [0, 0.1) is 5.92 Å². The van der Waals surface area contributed by atoms with Crippen LogP contribution in [0.4, 0.5) is 0 Å². The highest BCUT2D eigenvalue weighted by Crippen LogP contribution is 2.42. The second-order valence-electron chi connectivity index (χ2n) is 7.58. The number of hydrogen-bond acceptors (Lipinski definition) is 6. The van der Waals surface area contributed by atoms with E-state index in [4.69, 9.17) is 0 Å². The van der Waals surface area contributed by atoms with E-state index >= 15 is 0 Å². The normalized spacial score (nSPS) is 17.5. The molecule has 7 heteroatoms. The third-order valence-electron chi connectivity index (χ3n) is 4.51. The monoisotopic (exact) mass is 376 g/mol. The number of phenols is 2. The Morgan fingerprint density at radius 3 is 2.44 bits per heavy atom. The van der Waals surface area contributed by atoms with Gasteiger partial charge in [0.05, 0.1) is 11.6 Å². The lowest BCUT2D eigenvalue weighted by Crippen LogP contribution is -2.33. The number of ketones is 1. The molecule has 3 N–H and O–H groups in total. The molecule has 0 saturated carbocycles. The molecule has 1 heterocycles. The Hall–Kier alpha value is -2.54. The summed E-state index contributed by atoms with van der Waals surface area (Å²) >= 11 is 0. The molecule has 0 aromatic heterocycles. The van der Waals surface area contributed by atoms with Gasteiger partial charge in [-0.2, -0.15) is 0 Å². The molecule has 0 bridgehead atoms. The first-order chi connectivity index (χ1) is 12.6. The van der Waals surface area contributed by atoms with Crippen molar-refractivity contribution in [1.82, 2.24) is 9.80 Å². The van der Waals surface area contributed by atoms with Gasteiger partial charge in [-0.1, -0.05) is 13.8 Å². The molecule has 0 aliphatic carbocycles. The maximum absolute atomic E-state index is 12.8. The first kappa shape index (κ1) is 20.8. The van der Waals surface area contributed by atoms with Crippen LogP contribution in [0.1, 0.15) is 38.3 Å². The highest BCUT2D eigenvalue weighted by atomic mass is 16.3. The van der Waals surface area contributed by atoms with Gasteiger partial charge in [-0.05, 0) is 45.1 Å². The summed E-state index contributed by atoms with van der Waals surface area (Å²) in [7, 11) is 3.84. The van der Waals surface area contributed by atoms with Crippen molar-refractivity contribution in [3.8, 4) is 11.5 Å². The van der Waals surface area contributed by atoms with Gasteiger partial charge in [0.15, 0.2) is 11.5 Å². The molecule has 1 atom stereocenters. The van der Waals surface area contributed by atoms with Crippen LogP contribution in [-0.4, -0.2) is 64.0 Å². The fourth-order valence-corrected chi connectivity index (χ4v) is 3.29. The number of nitrogens with zero attached hydrogens (tertiary/aromatic N) is 2. The number of aliphatic hydroxyl groups excluding tert-OH is 1. The Morgan fingerprint density at radius 2 is 1.89 bits per heavy atom. The second kappa shape index (κ2) is 8.43. The number of benzene rings is 1. The van der Waals surface area contributed by atoms with Gasteiger partial charge in [-0.3, -0.25) is 9.59 Å². The zero-order valence-electron chi connectivity index (χ0n) is 16.3. The second-order valence-corrected chi connectivity index (χ2v) is 7.58. The van der Waals surface area contributed by atoms with Crippen molar-refractivity contribution in [2.45, 2.75) is 32.7 Å². The lowest BCUT2D eigenvalue weighted by molar-refractivity contribution is -0.129. The lowest BCUT2D eigenvalue weighted by Gasteiger charge is -2.28. The van der Waals surface area contributed by atoms with E-state index in [-0.39, 0.29) is 35.2 Å². The third-order valence-corrected chi connectivity index (χ3v) is 4.51. The molecule has 1 amide bonds. The summed E-state index contributed by atoms with van der Waals surface area (Å²) in [6.07, 6.45) is 0.834. The number of Topliss-reactive ketones (excluding diaryl/α,β-unsaturated/α-hetero) is 1. The highest BCUT2D eigenvalue weighted by Gasteiger charge is 2.44. The van der Waals surface area contributed by atoms with E-state index in [9.17, 15) is 24.9 Å². The van der Waals surface area contributed by atoms with Crippen LogP contribution in [-0.2, 0) is 9.59 Å². The van der Waals surface area contributed by atoms with Crippen molar-refractivity contribution in [3.05, 3.63) is 35.1 Å². The van der Waals surface area contributed by atoms with Gasteiger partial charge in [-0.25, -0.2) is 0 Å². The fraction of sp³-hybridized carbons (Fsp3) is 0.500. The standard InChI is InChI=1S/C20H28N2O5/c1-12(2)10-16(25)17-18(14-7-6-13(23)11-15(14)24)22(20(27)19(17)26)9-5-8-21(3)4/h6-7,11-12,18,23-24,26H,5,8-10H2,1-4H3. The number of rotatable bonds is 8. The number of aromatic hydroxyl groups is 2. The number of phenolic OH excluding ortho intramolecular Hbond substituents is 2. The van der Waals surface area contributed by atoms with Gasteiger partial charge < -0.3 is 25.1 Å². The van der Waals surface area contributed by atoms with Crippen LogP contribution in [0.3, 0.4) is 0 Å². The van der Waals surface area contributed by atoms with Gasteiger partial charge >= 0.3 is 0 Å². The molecule has 1 aliphatic heterocycles. The highest BCUT2D eigenvalue weighted by molar-refractivity contribution is 6.09. The average Bonchev–Trinajstić information content (AvgIpc) is 2.79. The van der Waals surface area contributed by atoms with E-state index in [0.29, 0.717) is 18.5 Å². The maximum Gasteiger partial charge on any atom is 0.290 e. The van der Waals surface area contributed by atoms with E-state index in [0.717, 1.165) is 12.6 Å². The zero-order chi connectivity index (χ0) is 20.3. The molecule has 1 aromatic rings. The van der Waals surface area contributed by atoms with Gasteiger partial charge in [0.1, 0.15) is 11.5 Å². The minimum atomic E-state index is -0.869. The summed E-state index contributed by atoms with van der Waals surface area (Å²) in [5.74, 6) is -1.77. The van der Waals surface area contributed by atoms with Gasteiger partial charge in [0.25, 0.3) is 5.91 Å². The molecular formula is C20H28N2O5. The minimum absolute atomic E-state index is 0.0135. The summed E-state index contributed by atoms with van der Waals surface area (Å²) in [4.78, 5) is 28.8. The predicted molar refractivity (Wildman–Crippen MR) is 102 cm³/mol. The molecule has 0 fully saturated rings. The van der Waals surface area contributed by atoms with Crippen LogP contribution < -0.4 is 0 Å². The molecular weight excluding hydrogens is 348 g/mol. The van der Waals surface area contributed by atoms with Crippen molar-refractivity contribution in [2.75, 3.05) is 27.2 Å². The Labute approximate surface area is 159 Å². The summed E-state index contributed by atoms with van der Waals surface area (Å²) in [5, 5.41) is 30.3. The van der Waals surface area contributed by atoms with Crippen LogP contribution in [0.15, 0.2) is 29.5 Å². The Bertz CT molecular complexity index is 755. The molecule has 27 heavy (non-hydrogen) atoms. The van der Waals surface area contributed by atoms with E-state index in [2.05, 4.69) is 0 Å². The lowest BCUT2D eigenvalue weighted by atomic mass is 9.91. The largest absolute Gasteiger partial charge is 0.508 e. The molecule has 2 rings (SSSR count). The van der Waals surface area contributed by atoms with Crippen LogP contribution in [0.25, 0.3) is 0 Å². The van der Waals surface area contributed by atoms with E-state index in [1.54, 1.807) is 0 Å². The maximum atomic E-state index is 12.8. The zero-order valence-corrected chi connectivity index (χ0v) is 16.3. The molecule has 1 aliphatic rings. The first-order valence-electron chi connectivity index (χ1n) is 9.07. The molecule has 0 saturated heterocycles. The van der Waals surface area contributed by atoms with Gasteiger partial charge in [0, 0.05) is 24.6 Å². The number of carbonyl (C=O) groups excluding carboxylic acids is 2. The molecule has 0 spiro atoms. The van der Waals surface area contributed by atoms with Crippen LogP contribution in [0.5, 0.6) is 11.5 Å². The molecule has 1 aromatic carbocycles. The number of aliphatic hydroxyl groups is 1. The average molecular weight is 376 g/mol. The van der Waals surface area contributed by atoms with Crippen molar-refractivity contribution in [2.24, 2.45) is 5.92 Å². The van der Waals surface area contributed by atoms with Gasteiger partial charge in [0.2, 0.25) is 0 Å². The summed E-state index contributed by atoms with van der Waals surface area (Å²) in [6.45, 7) is 4.82. The summed E-state index contributed by atoms with van der Waals surface area (Å²) < 4.78 is 0. The van der Waals surface area contributed by atoms with E-state index in [1.807, 2.05) is 32.8 Å². The number of hydrogen-bond donors (Lipinski definition) is 3. The summed E-state index contributed by atoms with van der Waals surface area (Å²) in [5.41, 5.74) is 0.321. The van der Waals surface area contributed by atoms with Crippen molar-refractivity contribution >= 4 is 11.7 Å². The van der Waals surface area contributed by atoms with Crippen molar-refractivity contribution in [3.63, 3.8) is 0 Å². The fourth-order valence-electron chi connectivity index (χ4n) is 3.29. The van der Waals surface area contributed by atoms with Gasteiger partial charge in [-0.15, -0.1) is 0 Å². The predicted octanol–water partition coefficient (Wildman–Crippen LogP) is 2.36. The smallest absolute Gasteiger partial charge is 0.290 e. The molecule has 7 nitrogen and oxygen atoms in total. The topological polar surface area (TPSA) is 101 Å². The van der Waals surface area contributed by atoms with Crippen molar-refractivity contribution in [1.29, 1.82) is 0 Å². The molecule has 1 unspecified atom stereocenters. The number of carbonyl (C=O) groups is 2. The third kappa shape index (κ3) is 4.60. The number of amides is 1. The first-order valence-corrected chi connectivity index (χ1v) is 9.07. The van der Waals surface area contributed by atoms with Crippen LogP contribution >= 0.6 is 0 Å². The summed E-state index contributed by atoms with van der Waals surface area (Å²) in [6, 6.07) is 3.16. The molecule has 0 radical (unpaired) electrons. The van der Waals surface area contributed by atoms with E-state index in [1.165, 1.54) is 17.0 Å². The van der Waals surface area contributed by atoms with Crippen molar-refractivity contribution < 1.29 is 24.9 Å². The Morgan fingerprint density at radius 1 is 1.22 bits per heavy atom. The Kier molecular flexibility index (Phi) is 6.49. The quantitative estimate of drug-likeness (QED) is 0.644. The Balaban J connectivity index is 2.45. The minimum Gasteiger partial charge on any atom is -0.508 e. The van der Waals surface area contributed by atoms with E-state index < -0.39 is 17.7 Å². The molecule has 148 valence electrons. The van der Waals surface area contributed by atoms with Crippen LogP contribution in [0.2, 0.25) is 0 Å². The SMILES string of the molecule is CC(C)CC(=O)C1=C(O)C(=O)N(CCCN(C)C)C1c1ccc(O)cc1O.